The van der Waals surface area contributed by atoms with Crippen LogP contribution in [0.25, 0.3) is 122 Å². The number of benzene rings is 2. The van der Waals surface area contributed by atoms with Crippen molar-refractivity contribution in [2.45, 2.75) is 127 Å². The van der Waals surface area contributed by atoms with Crippen LogP contribution in [0.3, 0.4) is 0 Å². The average Bonchev–Trinajstić information content (AvgIpc) is 1.63. The molecular formula is C89H95N25O7S. The second kappa shape index (κ2) is 33.4. The van der Waals surface area contributed by atoms with Crippen LogP contribution >= 0.6 is 11.3 Å². The molecule has 624 valence electrons. The van der Waals surface area contributed by atoms with E-state index in [9.17, 15) is 29.4 Å². The smallest absolute Gasteiger partial charge is 0.319 e. The number of nitrogens with zero attached hydrogens (tertiary/aromatic N) is 16. The van der Waals surface area contributed by atoms with E-state index in [4.69, 9.17) is 47.3 Å². The van der Waals surface area contributed by atoms with Crippen molar-refractivity contribution in [2.75, 3.05) is 63.3 Å². The van der Waals surface area contributed by atoms with Gasteiger partial charge in [0, 0.05) is 172 Å². The molecule has 3 amide bonds. The Morgan fingerprint density at radius 3 is 1.55 bits per heavy atom. The number of aliphatic carboxylic acids is 1. The minimum Gasteiger partial charge on any atom is -0.481 e. The third kappa shape index (κ3) is 15.3. The molecule has 4 fully saturated rings. The molecule has 17 aromatic rings. The number of carboxylic acid groups (broad SMARTS) is 1. The molecule has 0 spiro atoms. The number of hydrogen-bond acceptors (Lipinski definition) is 21. The van der Waals surface area contributed by atoms with Gasteiger partial charge in [-0.05, 0) is 169 Å². The molecule has 2 aromatic carbocycles. The summed E-state index contributed by atoms with van der Waals surface area (Å²) in [6.45, 7) is 6.08. The number of imidazole rings is 4. The Morgan fingerprint density at radius 1 is 0.549 bits per heavy atom. The van der Waals surface area contributed by atoms with E-state index in [2.05, 4.69) is 107 Å². The molecular weight excluding hydrogens is 1560 g/mol. The summed E-state index contributed by atoms with van der Waals surface area (Å²) in [5.41, 5.74) is 39.0. The van der Waals surface area contributed by atoms with Gasteiger partial charge in [-0.3, -0.25) is 32.0 Å². The number of nitrogens with one attached hydrogen (secondary N) is 5. The van der Waals surface area contributed by atoms with Crippen LogP contribution in [0, 0.1) is 24.7 Å². The Labute approximate surface area is 702 Å². The molecule has 3 aliphatic carbocycles. The van der Waals surface area contributed by atoms with Crippen molar-refractivity contribution < 1.29 is 29.0 Å². The number of anilines is 4. The van der Waals surface area contributed by atoms with Crippen LogP contribution in [0.15, 0.2) is 162 Å². The van der Waals surface area contributed by atoms with E-state index in [0.717, 1.165) is 201 Å². The van der Waals surface area contributed by atoms with Crippen LogP contribution < -0.4 is 33.8 Å². The van der Waals surface area contributed by atoms with Crippen molar-refractivity contribution in [3.8, 4) is 56.2 Å². The number of rotatable bonds is 13. The minimum atomic E-state index is -0.728. The van der Waals surface area contributed by atoms with Gasteiger partial charge in [0.25, 0.3) is 5.56 Å². The molecule has 122 heavy (non-hydrogen) atoms. The number of thiazole rings is 1. The largest absolute Gasteiger partial charge is 0.481 e. The van der Waals surface area contributed by atoms with E-state index in [0.29, 0.717) is 107 Å². The lowest BCUT2D eigenvalue weighted by Crippen LogP contribution is -2.43. The van der Waals surface area contributed by atoms with Gasteiger partial charge in [0.2, 0.25) is 5.91 Å². The minimum absolute atomic E-state index is 0.0387. The Kier molecular flexibility index (Phi) is 21.7. The van der Waals surface area contributed by atoms with E-state index in [1.54, 1.807) is 74.4 Å². The molecule has 0 radical (unpaired) electrons. The fourth-order valence-electron chi connectivity index (χ4n) is 18.4. The first-order valence-electron chi connectivity index (χ1n) is 41.5. The highest BCUT2D eigenvalue weighted by molar-refractivity contribution is 7.13. The van der Waals surface area contributed by atoms with Crippen LogP contribution in [-0.4, -0.2) is 166 Å². The number of aromatic amines is 4. The number of furan rings is 1. The van der Waals surface area contributed by atoms with Crippen molar-refractivity contribution in [3.05, 3.63) is 192 Å². The van der Waals surface area contributed by atoms with Crippen LogP contribution in [-0.2, 0) is 9.59 Å². The fourth-order valence-corrected chi connectivity index (χ4v) is 19.1. The molecule has 0 bridgehead atoms. The maximum atomic E-state index is 12.3. The summed E-state index contributed by atoms with van der Waals surface area (Å²) in [6, 6.07) is 26.2. The number of likely N-dealkylation sites (tertiary alicyclic amines) is 1. The number of pyridine rings is 2. The summed E-state index contributed by atoms with van der Waals surface area (Å²) < 4.78 is 14.3. The maximum Gasteiger partial charge on any atom is 0.319 e. The van der Waals surface area contributed by atoms with Gasteiger partial charge in [-0.25, -0.2) is 54.6 Å². The van der Waals surface area contributed by atoms with E-state index >= 15 is 0 Å². The molecule has 32 nitrogen and oxygen atoms in total. The van der Waals surface area contributed by atoms with Gasteiger partial charge >= 0.3 is 12.0 Å². The second-order valence-corrected chi connectivity index (χ2v) is 33.5. The van der Waals surface area contributed by atoms with E-state index < -0.39 is 5.97 Å². The number of urea groups is 1. The third-order valence-corrected chi connectivity index (χ3v) is 25.6. The van der Waals surface area contributed by atoms with Gasteiger partial charge in [0.05, 0.1) is 28.5 Å². The molecule has 0 unspecified atom stereocenters. The molecule has 4 aliphatic rings. The van der Waals surface area contributed by atoms with Crippen LogP contribution in [0.1, 0.15) is 149 Å². The number of nitrogen functional groups attached to an aromatic ring is 4. The molecule has 1 saturated heterocycles. The van der Waals surface area contributed by atoms with Crippen molar-refractivity contribution in [2.24, 2.45) is 17.8 Å². The molecule has 3 saturated carbocycles. The van der Waals surface area contributed by atoms with E-state index in [-0.39, 0.29) is 41.9 Å². The first kappa shape index (κ1) is 79.3. The van der Waals surface area contributed by atoms with Gasteiger partial charge < -0.3 is 72.6 Å². The molecule has 15 aromatic heterocycles. The van der Waals surface area contributed by atoms with E-state index in [1.165, 1.54) is 0 Å². The summed E-state index contributed by atoms with van der Waals surface area (Å²) in [5.74, 6) is 7.27. The van der Waals surface area contributed by atoms with Crippen molar-refractivity contribution >= 4 is 118 Å². The van der Waals surface area contributed by atoms with Crippen molar-refractivity contribution in [1.82, 2.24) is 102 Å². The Hall–Kier alpha value is -13.8. The molecule has 0 atom stereocenters. The molecule has 15 N–H and O–H groups in total. The van der Waals surface area contributed by atoms with Gasteiger partial charge in [0.1, 0.15) is 113 Å². The monoisotopic (exact) mass is 1660 g/mol. The second-order valence-electron chi connectivity index (χ2n) is 32.6. The number of aliphatic hydroxyl groups excluding tert-OH is 1. The SMILES string of the molecule is CC(=O)NCC1CCC(c2nc(-c3cc4cccnc4[nH]3)c3c(N)nccn23)CC1.Cc1cccc2oc(-c3nc(C4CCN(C(=O)N(C)C)CC4)n4ccnc(N)c34)cc12.Nc1nccn2c(C3CCC(C(=O)O)CC3)nc(-c3cc4cc[nH]c(=O)c4[nH]3)c12.Nc1nccn2c(C3CCC(CO)CC3)nc(-c3cc4cccc(-c5nccs5)c4[nH]3)c12. The highest BCUT2D eigenvalue weighted by Crippen LogP contribution is 2.45. The normalized spacial score (nSPS) is 18.3. The summed E-state index contributed by atoms with van der Waals surface area (Å²) in [7, 11) is 3.57. The number of carbonyl (C=O) groups excluding carboxylic acids is 2. The average molecular weight is 1660 g/mol. The first-order valence-corrected chi connectivity index (χ1v) is 42.4. The molecule has 1 aliphatic heterocycles. The number of para-hydroxylation sites is 1. The van der Waals surface area contributed by atoms with Crippen LogP contribution in [0.5, 0.6) is 0 Å². The number of aliphatic hydroxyl groups is 1. The Morgan fingerprint density at radius 2 is 1.04 bits per heavy atom. The predicted molar refractivity (Wildman–Crippen MR) is 471 cm³/mol. The zero-order valence-electron chi connectivity index (χ0n) is 68.0. The number of fused-ring (bicyclic) bond motifs is 8. The lowest BCUT2D eigenvalue weighted by atomic mass is 9.81. The van der Waals surface area contributed by atoms with Crippen molar-refractivity contribution in [1.29, 1.82) is 0 Å². The number of aromatic nitrogens is 18. The molecule has 16 heterocycles. The highest BCUT2D eigenvalue weighted by atomic mass is 32.1. The van der Waals surface area contributed by atoms with Crippen molar-refractivity contribution in [3.63, 3.8) is 0 Å². The van der Waals surface area contributed by atoms with E-state index in [1.807, 2.05) is 92.5 Å². The standard InChI is InChI=1S/C24H24N6OS.C23H26N6O2.C22H25N7O.C20H20N6O3/c25-22-21-20(18-12-16-2-1-3-17(19(16)28-18)24-27-9-11-32-24)29-23(30(21)10-8-26-22)15-6-4-14(13-31)5-7-15;1-14-5-4-6-17-16(14)13-18(31-17)19-20-21(24)25-9-12-29(20)22(26-19)15-7-10-28(11-8-15)23(30)27(2)3;1-13(30)26-12-14-4-6-15(7-5-14)22-28-18(19-20(23)24-9-10-29(19)22)17-11-16-3-2-8-25-21(16)27-17;21-17-16-15(13-9-12-5-6-23-19(27)14(12)24-13)25-18(26(16)8-7-22-17)10-1-3-11(4-2-10)20(28)29/h1-3,8-12,14-15,28,31H,4-7,13H2,(H2,25,26);4-6,9,12-13,15H,7-8,10-11H2,1-3H3,(H2,24,25);2-3,8-11,14-15H,4-7,12H2,1H3,(H2,23,24)(H,25,27)(H,26,30);5-11,24H,1-4H2,(H2,21,22)(H,23,27)(H,28,29). The number of amides is 3. The van der Waals surface area contributed by atoms with Crippen LogP contribution in [0.4, 0.5) is 28.1 Å². The summed E-state index contributed by atoms with van der Waals surface area (Å²) in [5, 5.41) is 28.7. The number of carboxylic acids is 1. The summed E-state index contributed by atoms with van der Waals surface area (Å²) in [4.78, 5) is 109. The van der Waals surface area contributed by atoms with Gasteiger partial charge in [-0.1, -0.05) is 24.3 Å². The number of H-pyrrole nitrogens is 4. The molecule has 33 heteroatoms. The lowest BCUT2D eigenvalue weighted by Gasteiger charge is -2.33. The lowest BCUT2D eigenvalue weighted by molar-refractivity contribution is -0.142. The number of aryl methyl sites for hydroxylation is 1. The molecule has 21 rings (SSSR count). The summed E-state index contributed by atoms with van der Waals surface area (Å²) >= 11 is 1.63. The number of piperidine rings is 1. The van der Waals surface area contributed by atoms with Crippen LogP contribution in [0.2, 0.25) is 0 Å². The summed E-state index contributed by atoms with van der Waals surface area (Å²) in [6.07, 6.45) is 32.4. The zero-order chi connectivity index (χ0) is 84.1. The van der Waals surface area contributed by atoms with Gasteiger partial charge in [-0.2, -0.15) is 0 Å². The zero-order valence-corrected chi connectivity index (χ0v) is 68.8. The first-order chi connectivity index (χ1) is 59.3. The highest BCUT2D eigenvalue weighted by Gasteiger charge is 2.35. The number of hydrogen-bond donors (Lipinski definition) is 11. The quantitative estimate of drug-likeness (QED) is 0.0511. The Bertz CT molecular complexity index is 6770. The van der Waals surface area contributed by atoms with Gasteiger partial charge in [-0.15, -0.1) is 11.3 Å². The van der Waals surface area contributed by atoms with Gasteiger partial charge in [0.15, 0.2) is 5.76 Å². The Balaban J connectivity index is 0.000000111. The number of carbonyl (C=O) groups is 3. The topological polar surface area (TPSA) is 454 Å². The maximum absolute atomic E-state index is 12.3. The fraction of sp³-hybridized carbons (Fsp3) is 0.326. The predicted octanol–water partition coefficient (Wildman–Crippen LogP) is 14.5. The third-order valence-electron chi connectivity index (χ3n) is 24.8. The number of nitrogens with two attached hydrogens (primary N) is 4.